The molecule has 0 saturated heterocycles. The van der Waals surface area contributed by atoms with Crippen molar-refractivity contribution in [3.05, 3.63) is 28.8 Å². The first-order chi connectivity index (χ1) is 7.13. The molecule has 0 unspecified atom stereocenters. The minimum absolute atomic E-state index is 0.546. The third-order valence-corrected chi connectivity index (χ3v) is 3.36. The number of rotatable bonds is 4. The van der Waals surface area contributed by atoms with Crippen LogP contribution in [-0.4, -0.2) is 5.75 Å². The average Bonchev–Trinajstić information content (AvgIpc) is 2.17. The molecule has 0 bridgehead atoms. The zero-order chi connectivity index (χ0) is 11.3. The standard InChI is InChI=1S/C12H14ClNS/c1-9(2)5-6-15-11-4-3-10(8-14)12(13)7-11/h3-4,7,9H,5-6H2,1-2H3. The Labute approximate surface area is 100 Å². The maximum Gasteiger partial charge on any atom is 0.101 e. The van der Waals surface area contributed by atoms with E-state index in [-0.39, 0.29) is 0 Å². The van der Waals surface area contributed by atoms with Gasteiger partial charge < -0.3 is 0 Å². The van der Waals surface area contributed by atoms with Gasteiger partial charge in [0.05, 0.1) is 10.6 Å². The summed E-state index contributed by atoms with van der Waals surface area (Å²) in [5.74, 6) is 1.83. The second kappa shape index (κ2) is 6.05. The maximum absolute atomic E-state index is 8.72. The molecule has 1 aromatic carbocycles. The molecule has 15 heavy (non-hydrogen) atoms. The Morgan fingerprint density at radius 2 is 2.20 bits per heavy atom. The van der Waals surface area contributed by atoms with E-state index in [1.165, 1.54) is 6.42 Å². The molecule has 0 fully saturated rings. The minimum atomic E-state index is 0.546. The summed E-state index contributed by atoms with van der Waals surface area (Å²) >= 11 is 7.72. The Bertz CT molecular complexity index is 368. The van der Waals surface area contributed by atoms with Crippen LogP contribution in [0.15, 0.2) is 23.1 Å². The molecular weight excluding hydrogens is 226 g/mol. The fraction of sp³-hybridized carbons (Fsp3) is 0.417. The highest BCUT2D eigenvalue weighted by Gasteiger charge is 2.02. The summed E-state index contributed by atoms with van der Waals surface area (Å²) in [6.45, 7) is 4.43. The molecular formula is C12H14ClNS. The first-order valence-corrected chi connectivity index (χ1v) is 6.32. The molecule has 0 atom stereocenters. The van der Waals surface area contributed by atoms with Gasteiger partial charge in [-0.2, -0.15) is 5.26 Å². The molecule has 1 aromatic rings. The highest BCUT2D eigenvalue weighted by molar-refractivity contribution is 7.99. The van der Waals surface area contributed by atoms with Crippen LogP contribution in [0.25, 0.3) is 0 Å². The van der Waals surface area contributed by atoms with Crippen molar-refractivity contribution in [3.8, 4) is 6.07 Å². The first-order valence-electron chi connectivity index (χ1n) is 4.96. The van der Waals surface area contributed by atoms with E-state index in [1.54, 1.807) is 17.8 Å². The molecule has 1 nitrogen and oxygen atoms in total. The Hall–Kier alpha value is -0.650. The predicted octanol–water partition coefficient (Wildman–Crippen LogP) is 4.35. The molecule has 0 N–H and O–H groups in total. The van der Waals surface area contributed by atoms with Crippen LogP contribution in [0, 0.1) is 17.2 Å². The smallest absolute Gasteiger partial charge is 0.101 e. The molecule has 0 aromatic heterocycles. The van der Waals surface area contributed by atoms with Crippen molar-refractivity contribution in [3.63, 3.8) is 0 Å². The summed E-state index contributed by atoms with van der Waals surface area (Å²) < 4.78 is 0. The van der Waals surface area contributed by atoms with Crippen molar-refractivity contribution in [2.24, 2.45) is 5.92 Å². The highest BCUT2D eigenvalue weighted by atomic mass is 35.5. The molecule has 0 amide bonds. The molecule has 0 saturated carbocycles. The van der Waals surface area contributed by atoms with Gasteiger partial charge >= 0.3 is 0 Å². The van der Waals surface area contributed by atoms with Crippen LogP contribution in [0.4, 0.5) is 0 Å². The molecule has 0 heterocycles. The van der Waals surface area contributed by atoms with Gasteiger partial charge in [0.15, 0.2) is 0 Å². The summed E-state index contributed by atoms with van der Waals surface area (Å²) in [7, 11) is 0. The van der Waals surface area contributed by atoms with Gasteiger partial charge in [-0.1, -0.05) is 25.4 Å². The number of thioether (sulfide) groups is 1. The largest absolute Gasteiger partial charge is 0.192 e. The van der Waals surface area contributed by atoms with Gasteiger partial charge in [-0.25, -0.2) is 0 Å². The molecule has 80 valence electrons. The van der Waals surface area contributed by atoms with Crippen molar-refractivity contribution in [1.29, 1.82) is 5.26 Å². The van der Waals surface area contributed by atoms with Crippen LogP contribution in [0.5, 0.6) is 0 Å². The lowest BCUT2D eigenvalue weighted by Crippen LogP contribution is -1.89. The van der Waals surface area contributed by atoms with Gasteiger partial charge in [0.25, 0.3) is 0 Å². The van der Waals surface area contributed by atoms with Crippen molar-refractivity contribution in [1.82, 2.24) is 0 Å². The molecule has 0 aliphatic carbocycles. The number of hydrogen-bond acceptors (Lipinski definition) is 2. The van der Waals surface area contributed by atoms with Crippen molar-refractivity contribution >= 4 is 23.4 Å². The van der Waals surface area contributed by atoms with E-state index in [9.17, 15) is 0 Å². The minimum Gasteiger partial charge on any atom is -0.192 e. The zero-order valence-corrected chi connectivity index (χ0v) is 10.5. The van der Waals surface area contributed by atoms with Crippen LogP contribution in [0.2, 0.25) is 5.02 Å². The van der Waals surface area contributed by atoms with E-state index in [0.717, 1.165) is 16.6 Å². The zero-order valence-electron chi connectivity index (χ0n) is 8.96. The maximum atomic E-state index is 8.72. The van der Waals surface area contributed by atoms with Gasteiger partial charge in [-0.15, -0.1) is 11.8 Å². The molecule has 3 heteroatoms. The lowest BCUT2D eigenvalue weighted by Gasteiger charge is -2.05. The summed E-state index contributed by atoms with van der Waals surface area (Å²) in [6, 6.07) is 7.65. The van der Waals surface area contributed by atoms with E-state index in [2.05, 4.69) is 19.9 Å². The summed E-state index contributed by atoms with van der Waals surface area (Å²) in [5, 5.41) is 9.27. The SMILES string of the molecule is CC(C)CCSc1ccc(C#N)c(Cl)c1. The summed E-state index contributed by atoms with van der Waals surface area (Å²) in [5.41, 5.74) is 0.546. The predicted molar refractivity (Wildman–Crippen MR) is 66.3 cm³/mol. The van der Waals surface area contributed by atoms with Crippen LogP contribution >= 0.6 is 23.4 Å². The lowest BCUT2D eigenvalue weighted by molar-refractivity contribution is 0.632. The number of nitrogens with zero attached hydrogens (tertiary/aromatic N) is 1. The molecule has 1 rings (SSSR count). The Morgan fingerprint density at radius 1 is 1.47 bits per heavy atom. The third kappa shape index (κ3) is 4.15. The topological polar surface area (TPSA) is 23.8 Å². The molecule has 0 aliphatic rings. The van der Waals surface area contributed by atoms with E-state index in [1.807, 2.05) is 12.1 Å². The van der Waals surface area contributed by atoms with Gasteiger partial charge in [0.1, 0.15) is 6.07 Å². The average molecular weight is 240 g/mol. The summed E-state index contributed by atoms with van der Waals surface area (Å²) in [4.78, 5) is 1.14. The molecule has 0 spiro atoms. The van der Waals surface area contributed by atoms with Crippen LogP contribution in [0.1, 0.15) is 25.8 Å². The Balaban J connectivity index is 2.57. The van der Waals surface area contributed by atoms with Crippen LogP contribution in [-0.2, 0) is 0 Å². The van der Waals surface area contributed by atoms with Crippen molar-refractivity contribution in [2.75, 3.05) is 5.75 Å². The van der Waals surface area contributed by atoms with Gasteiger partial charge in [0, 0.05) is 4.90 Å². The fourth-order valence-corrected chi connectivity index (χ4v) is 2.57. The third-order valence-electron chi connectivity index (χ3n) is 2.02. The second-order valence-electron chi connectivity index (χ2n) is 3.78. The highest BCUT2D eigenvalue weighted by Crippen LogP contribution is 2.25. The van der Waals surface area contributed by atoms with Gasteiger partial charge in [-0.05, 0) is 36.3 Å². The van der Waals surface area contributed by atoms with Crippen molar-refractivity contribution in [2.45, 2.75) is 25.2 Å². The monoisotopic (exact) mass is 239 g/mol. The molecule has 0 radical (unpaired) electrons. The first kappa shape index (κ1) is 12.4. The normalized spacial score (nSPS) is 10.3. The van der Waals surface area contributed by atoms with E-state index in [4.69, 9.17) is 16.9 Å². The lowest BCUT2D eigenvalue weighted by atomic mass is 10.2. The Morgan fingerprint density at radius 3 is 2.73 bits per heavy atom. The number of halogens is 1. The van der Waals surface area contributed by atoms with Crippen LogP contribution in [0.3, 0.4) is 0 Å². The van der Waals surface area contributed by atoms with E-state index < -0.39 is 0 Å². The number of benzene rings is 1. The molecule has 0 aliphatic heterocycles. The number of nitriles is 1. The van der Waals surface area contributed by atoms with Gasteiger partial charge in [-0.3, -0.25) is 0 Å². The van der Waals surface area contributed by atoms with Crippen LogP contribution < -0.4 is 0 Å². The fourth-order valence-electron chi connectivity index (χ4n) is 1.09. The quantitative estimate of drug-likeness (QED) is 0.730. The van der Waals surface area contributed by atoms with E-state index >= 15 is 0 Å². The van der Waals surface area contributed by atoms with E-state index in [0.29, 0.717) is 10.6 Å². The second-order valence-corrected chi connectivity index (χ2v) is 5.36. The Kier molecular flexibility index (Phi) is 5.01. The number of hydrogen-bond donors (Lipinski definition) is 0. The van der Waals surface area contributed by atoms with Gasteiger partial charge in [0.2, 0.25) is 0 Å². The summed E-state index contributed by atoms with van der Waals surface area (Å²) in [6.07, 6.45) is 1.20. The van der Waals surface area contributed by atoms with Crippen molar-refractivity contribution < 1.29 is 0 Å².